The fraction of sp³-hybridized carbons (Fsp3) is 0.227. The van der Waals surface area contributed by atoms with Gasteiger partial charge < -0.3 is 9.47 Å². The lowest BCUT2D eigenvalue weighted by molar-refractivity contribution is -0.385. The molecule has 0 radical (unpaired) electrons. The molecule has 1 aliphatic heterocycles. The molecule has 9 nitrogen and oxygen atoms in total. The maximum atomic E-state index is 13.5. The summed E-state index contributed by atoms with van der Waals surface area (Å²) in [6, 6.07) is 9.18. The number of aromatic nitrogens is 1. The molecule has 0 aliphatic carbocycles. The number of esters is 1. The van der Waals surface area contributed by atoms with E-state index in [-0.39, 0.29) is 34.6 Å². The van der Waals surface area contributed by atoms with Crippen LogP contribution in [0.2, 0.25) is 0 Å². The minimum Gasteiger partial charge on any atom is -0.460 e. The molecule has 0 bridgehead atoms. The van der Waals surface area contributed by atoms with E-state index in [1.165, 1.54) is 35.2 Å². The monoisotopic (exact) mass is 485 g/mol. The second-order valence-electron chi connectivity index (χ2n) is 7.04. The number of allylic oxidation sites excluding steroid dienone is 1. The largest absolute Gasteiger partial charge is 0.460 e. The van der Waals surface area contributed by atoms with Crippen molar-refractivity contribution in [2.45, 2.75) is 13.0 Å². The van der Waals surface area contributed by atoms with Crippen LogP contribution in [0.25, 0.3) is 6.08 Å². The number of nitro groups is 1. The highest BCUT2D eigenvalue weighted by molar-refractivity contribution is 7.10. The predicted molar refractivity (Wildman–Crippen MR) is 124 cm³/mol. The van der Waals surface area contributed by atoms with Gasteiger partial charge in [-0.2, -0.15) is 0 Å². The number of thiazole rings is 1. The van der Waals surface area contributed by atoms with Crippen LogP contribution in [-0.4, -0.2) is 35.8 Å². The number of methoxy groups -OCH3 is 1. The van der Waals surface area contributed by atoms with Crippen LogP contribution in [0.1, 0.15) is 23.4 Å². The number of carbonyl (C=O) groups is 1. The SMILES string of the molecule is COCCOC(=O)C1=C(C)N=c2s/c(=C/c3ccccc3[N+](=O)[O-])c(=O)n2C1c1cccs1. The maximum absolute atomic E-state index is 13.5. The van der Waals surface area contributed by atoms with Crippen molar-refractivity contribution in [1.82, 2.24) is 4.57 Å². The van der Waals surface area contributed by atoms with E-state index in [0.717, 1.165) is 16.2 Å². The summed E-state index contributed by atoms with van der Waals surface area (Å²) < 4.78 is 12.0. The summed E-state index contributed by atoms with van der Waals surface area (Å²) in [5.41, 5.74) is 0.560. The number of benzene rings is 1. The van der Waals surface area contributed by atoms with Gasteiger partial charge in [-0.15, -0.1) is 11.3 Å². The molecule has 2 aromatic heterocycles. The van der Waals surface area contributed by atoms with Crippen molar-refractivity contribution in [1.29, 1.82) is 0 Å². The number of nitrogens with zero attached hydrogens (tertiary/aromatic N) is 3. The van der Waals surface area contributed by atoms with E-state index in [9.17, 15) is 19.7 Å². The van der Waals surface area contributed by atoms with Crippen LogP contribution in [0, 0.1) is 10.1 Å². The lowest BCUT2D eigenvalue weighted by atomic mass is 10.0. The molecule has 33 heavy (non-hydrogen) atoms. The second kappa shape index (κ2) is 9.61. The number of fused-ring (bicyclic) bond motifs is 1. The smallest absolute Gasteiger partial charge is 0.338 e. The Labute approximate surface area is 195 Å². The summed E-state index contributed by atoms with van der Waals surface area (Å²) in [5.74, 6) is -0.570. The lowest BCUT2D eigenvalue weighted by Crippen LogP contribution is -2.39. The van der Waals surface area contributed by atoms with E-state index < -0.39 is 16.9 Å². The molecular formula is C22H19N3O6S2. The van der Waals surface area contributed by atoms with Crippen LogP contribution in [0.15, 0.2) is 62.8 Å². The van der Waals surface area contributed by atoms with Crippen molar-refractivity contribution in [2.75, 3.05) is 20.3 Å². The van der Waals surface area contributed by atoms with E-state index in [2.05, 4.69) is 4.99 Å². The molecule has 1 aromatic carbocycles. The molecular weight excluding hydrogens is 466 g/mol. The van der Waals surface area contributed by atoms with Crippen LogP contribution in [0.5, 0.6) is 0 Å². The summed E-state index contributed by atoms with van der Waals surface area (Å²) in [7, 11) is 1.51. The van der Waals surface area contributed by atoms with Gasteiger partial charge in [-0.3, -0.25) is 19.5 Å². The van der Waals surface area contributed by atoms with Crippen LogP contribution in [-0.2, 0) is 14.3 Å². The van der Waals surface area contributed by atoms with Crippen molar-refractivity contribution in [3.63, 3.8) is 0 Å². The second-order valence-corrected chi connectivity index (χ2v) is 9.03. The normalized spacial score (nSPS) is 15.8. The Morgan fingerprint density at radius 2 is 2.06 bits per heavy atom. The highest BCUT2D eigenvalue weighted by atomic mass is 32.1. The standard InChI is InChI=1S/C22H19N3O6S2/c1-13-18(21(27)31-10-9-30-2)19(16-8-5-11-32-16)24-20(26)17(33-22(24)23-13)12-14-6-3-4-7-15(14)25(28)29/h3-8,11-12,19H,9-10H2,1-2H3/b17-12+. The molecule has 0 N–H and O–H groups in total. The van der Waals surface area contributed by atoms with Crippen molar-refractivity contribution in [3.05, 3.63) is 93.3 Å². The molecule has 3 aromatic rings. The number of nitro benzene ring substituents is 1. The Kier molecular flexibility index (Phi) is 6.63. The van der Waals surface area contributed by atoms with E-state index in [0.29, 0.717) is 16.1 Å². The van der Waals surface area contributed by atoms with Crippen molar-refractivity contribution in [2.24, 2.45) is 4.99 Å². The van der Waals surface area contributed by atoms with Gasteiger partial charge in [-0.05, 0) is 30.5 Å². The van der Waals surface area contributed by atoms with E-state index in [1.54, 1.807) is 25.1 Å². The lowest BCUT2D eigenvalue weighted by Gasteiger charge is -2.23. The summed E-state index contributed by atoms with van der Waals surface area (Å²) >= 11 is 2.53. The predicted octanol–water partition coefficient (Wildman–Crippen LogP) is 2.39. The Balaban J connectivity index is 1.88. The Hall–Kier alpha value is -3.41. The molecule has 0 fully saturated rings. The van der Waals surface area contributed by atoms with Crippen molar-refractivity contribution >= 4 is 40.4 Å². The van der Waals surface area contributed by atoms with Gasteiger partial charge in [0, 0.05) is 18.1 Å². The molecule has 11 heteroatoms. The number of ether oxygens (including phenoxy) is 2. The maximum Gasteiger partial charge on any atom is 0.338 e. The van der Waals surface area contributed by atoms with Gasteiger partial charge in [0.2, 0.25) is 0 Å². The van der Waals surface area contributed by atoms with Crippen LogP contribution in [0.3, 0.4) is 0 Å². The van der Waals surface area contributed by atoms with Crippen LogP contribution >= 0.6 is 22.7 Å². The number of para-hydroxylation sites is 1. The molecule has 4 rings (SSSR count). The quantitative estimate of drug-likeness (QED) is 0.220. The number of hydrogen-bond acceptors (Lipinski definition) is 9. The van der Waals surface area contributed by atoms with Crippen molar-refractivity contribution < 1.29 is 19.2 Å². The highest BCUT2D eigenvalue weighted by Crippen LogP contribution is 2.33. The average molecular weight is 486 g/mol. The summed E-state index contributed by atoms with van der Waals surface area (Å²) in [4.78, 5) is 43.0. The van der Waals surface area contributed by atoms with E-state index >= 15 is 0 Å². The third kappa shape index (κ3) is 4.42. The first-order valence-electron chi connectivity index (χ1n) is 9.87. The summed E-state index contributed by atoms with van der Waals surface area (Å²) in [6.45, 7) is 2.02. The van der Waals surface area contributed by atoms with Gasteiger partial charge >= 0.3 is 5.97 Å². The molecule has 0 saturated heterocycles. The Bertz CT molecular complexity index is 1420. The number of rotatable bonds is 7. The third-order valence-corrected chi connectivity index (χ3v) is 6.90. The first kappa shape index (κ1) is 22.8. The number of thiophene rings is 1. The minimum absolute atomic E-state index is 0.0748. The fourth-order valence-electron chi connectivity index (χ4n) is 3.51. The highest BCUT2D eigenvalue weighted by Gasteiger charge is 2.34. The summed E-state index contributed by atoms with van der Waals surface area (Å²) in [5, 5.41) is 13.3. The Morgan fingerprint density at radius 1 is 1.27 bits per heavy atom. The molecule has 1 atom stereocenters. The first-order chi connectivity index (χ1) is 15.9. The van der Waals surface area contributed by atoms with Gasteiger partial charge in [0.1, 0.15) is 12.6 Å². The molecule has 1 aliphatic rings. The van der Waals surface area contributed by atoms with Crippen LogP contribution in [0.4, 0.5) is 5.69 Å². The Morgan fingerprint density at radius 3 is 2.76 bits per heavy atom. The van der Waals surface area contributed by atoms with Gasteiger partial charge in [-0.25, -0.2) is 9.79 Å². The molecule has 0 spiro atoms. The van der Waals surface area contributed by atoms with Gasteiger partial charge in [0.25, 0.3) is 11.2 Å². The number of hydrogen-bond donors (Lipinski definition) is 0. The third-order valence-electron chi connectivity index (χ3n) is 4.99. The number of carbonyl (C=O) groups excluding carboxylic acids is 1. The zero-order chi connectivity index (χ0) is 23.5. The van der Waals surface area contributed by atoms with E-state index in [1.807, 2.05) is 17.5 Å². The first-order valence-corrected chi connectivity index (χ1v) is 11.6. The molecule has 1 unspecified atom stereocenters. The van der Waals surface area contributed by atoms with Gasteiger partial charge in [0.05, 0.1) is 32.9 Å². The van der Waals surface area contributed by atoms with Gasteiger partial charge in [-0.1, -0.05) is 29.5 Å². The zero-order valence-electron chi connectivity index (χ0n) is 17.7. The van der Waals surface area contributed by atoms with E-state index in [4.69, 9.17) is 9.47 Å². The van der Waals surface area contributed by atoms with Crippen LogP contribution < -0.4 is 14.9 Å². The minimum atomic E-state index is -0.704. The molecule has 3 heterocycles. The molecule has 0 amide bonds. The zero-order valence-corrected chi connectivity index (χ0v) is 19.4. The molecule has 170 valence electrons. The average Bonchev–Trinajstić information content (AvgIpc) is 3.42. The summed E-state index contributed by atoms with van der Waals surface area (Å²) in [6.07, 6.45) is 1.49. The van der Waals surface area contributed by atoms with Crippen molar-refractivity contribution in [3.8, 4) is 0 Å². The van der Waals surface area contributed by atoms with Gasteiger partial charge in [0.15, 0.2) is 4.80 Å². The topological polar surface area (TPSA) is 113 Å². The fourth-order valence-corrected chi connectivity index (χ4v) is 5.37. The molecule has 0 saturated carbocycles.